The molecule has 1 aliphatic heterocycles. The summed E-state index contributed by atoms with van der Waals surface area (Å²) in [7, 11) is 1.78. The number of hydrogen-bond donors (Lipinski definition) is 0. The van der Waals surface area contributed by atoms with Crippen molar-refractivity contribution in [3.63, 3.8) is 0 Å². The predicted octanol–water partition coefficient (Wildman–Crippen LogP) is 4.54. The molecule has 1 saturated heterocycles. The van der Waals surface area contributed by atoms with Crippen molar-refractivity contribution >= 4 is 10.9 Å². The average Bonchev–Trinajstić information content (AvgIpc) is 3.05. The zero-order valence-electron chi connectivity index (χ0n) is 16.3. The summed E-state index contributed by atoms with van der Waals surface area (Å²) in [6.07, 6.45) is 4.89. The molecule has 0 amide bonds. The van der Waals surface area contributed by atoms with E-state index in [2.05, 4.69) is 55.5 Å². The number of aromatic nitrogens is 1. The second-order valence-corrected chi connectivity index (χ2v) is 7.38. The lowest BCUT2D eigenvalue weighted by Crippen LogP contribution is -2.36. The van der Waals surface area contributed by atoms with Crippen molar-refractivity contribution in [1.82, 2.24) is 9.47 Å². The minimum absolute atomic E-state index is 0.434. The molecule has 138 valence electrons. The molecule has 4 nitrogen and oxygen atoms in total. The van der Waals surface area contributed by atoms with Gasteiger partial charge in [0.2, 0.25) is 0 Å². The van der Waals surface area contributed by atoms with Crippen LogP contribution in [0.3, 0.4) is 0 Å². The van der Waals surface area contributed by atoms with Gasteiger partial charge >= 0.3 is 0 Å². The maximum atomic E-state index is 5.79. The molecular formula is C21H32N2O2. The highest BCUT2D eigenvalue weighted by Crippen LogP contribution is 2.34. The Morgan fingerprint density at radius 1 is 1.24 bits per heavy atom. The van der Waals surface area contributed by atoms with Crippen molar-refractivity contribution in [3.8, 4) is 5.75 Å². The van der Waals surface area contributed by atoms with Crippen LogP contribution in [-0.4, -0.2) is 42.4 Å². The molecule has 2 heterocycles. The van der Waals surface area contributed by atoms with Gasteiger partial charge in [0.15, 0.2) is 0 Å². The Morgan fingerprint density at radius 2 is 1.96 bits per heavy atom. The topological polar surface area (TPSA) is 26.6 Å². The minimum Gasteiger partial charge on any atom is -0.496 e. The van der Waals surface area contributed by atoms with Gasteiger partial charge in [-0.05, 0) is 58.2 Å². The highest BCUT2D eigenvalue weighted by Gasteiger charge is 2.22. The van der Waals surface area contributed by atoms with Crippen LogP contribution in [0, 0.1) is 6.92 Å². The molecular weight excluding hydrogens is 312 g/mol. The van der Waals surface area contributed by atoms with Crippen LogP contribution in [0.1, 0.15) is 50.8 Å². The van der Waals surface area contributed by atoms with Crippen LogP contribution in [0.15, 0.2) is 18.3 Å². The number of rotatable bonds is 6. The number of benzene rings is 1. The molecule has 3 rings (SSSR count). The van der Waals surface area contributed by atoms with E-state index >= 15 is 0 Å². The summed E-state index contributed by atoms with van der Waals surface area (Å²) >= 11 is 0. The van der Waals surface area contributed by atoms with Crippen LogP contribution in [0.5, 0.6) is 5.75 Å². The Bertz CT molecular complexity index is 712. The van der Waals surface area contributed by atoms with Crippen molar-refractivity contribution in [2.24, 2.45) is 0 Å². The van der Waals surface area contributed by atoms with Crippen molar-refractivity contribution in [1.29, 1.82) is 0 Å². The lowest BCUT2D eigenvalue weighted by Gasteiger charge is -2.32. The quantitative estimate of drug-likeness (QED) is 0.770. The number of aryl methyl sites for hydroxylation is 1. The lowest BCUT2D eigenvalue weighted by molar-refractivity contribution is 0.0125. The molecule has 0 atom stereocenters. The van der Waals surface area contributed by atoms with E-state index in [0.717, 1.165) is 44.8 Å². The highest BCUT2D eigenvalue weighted by molar-refractivity contribution is 5.89. The number of hydrogen-bond acceptors (Lipinski definition) is 3. The third kappa shape index (κ3) is 3.70. The Hall–Kier alpha value is -1.52. The molecule has 1 fully saturated rings. The first kappa shape index (κ1) is 18.3. The summed E-state index contributed by atoms with van der Waals surface area (Å²) in [6.45, 7) is 12.7. The van der Waals surface area contributed by atoms with Crippen LogP contribution in [0.25, 0.3) is 10.9 Å². The Morgan fingerprint density at radius 3 is 2.56 bits per heavy atom. The van der Waals surface area contributed by atoms with E-state index in [9.17, 15) is 0 Å². The van der Waals surface area contributed by atoms with Crippen LogP contribution < -0.4 is 4.74 Å². The van der Waals surface area contributed by atoms with Crippen molar-refractivity contribution in [2.45, 2.75) is 59.2 Å². The van der Waals surface area contributed by atoms with E-state index in [1.807, 2.05) is 0 Å². The van der Waals surface area contributed by atoms with Gasteiger partial charge in [-0.3, -0.25) is 4.90 Å². The number of piperidine rings is 1. The Kier molecular flexibility index (Phi) is 5.70. The summed E-state index contributed by atoms with van der Waals surface area (Å²) in [4.78, 5) is 2.54. The molecule has 0 aliphatic carbocycles. The predicted molar refractivity (Wildman–Crippen MR) is 104 cm³/mol. The number of ether oxygens (including phenoxy) is 2. The fraction of sp³-hybridized carbons (Fsp3) is 0.619. The van der Waals surface area contributed by atoms with Gasteiger partial charge in [-0.15, -0.1) is 0 Å². The van der Waals surface area contributed by atoms with Crippen molar-refractivity contribution < 1.29 is 9.47 Å². The van der Waals surface area contributed by atoms with E-state index in [1.54, 1.807) is 7.11 Å². The normalized spacial score (nSPS) is 16.9. The molecule has 0 saturated carbocycles. The van der Waals surface area contributed by atoms with Gasteiger partial charge in [-0.2, -0.15) is 0 Å². The molecule has 0 bridgehead atoms. The number of likely N-dealkylation sites (tertiary alicyclic amines) is 1. The molecule has 1 aromatic carbocycles. The third-order valence-corrected chi connectivity index (χ3v) is 5.35. The van der Waals surface area contributed by atoms with Gasteiger partial charge in [-0.1, -0.05) is 0 Å². The molecule has 0 spiro atoms. The van der Waals surface area contributed by atoms with Crippen LogP contribution in [-0.2, 0) is 11.3 Å². The molecule has 0 unspecified atom stereocenters. The summed E-state index contributed by atoms with van der Waals surface area (Å²) in [5.74, 6) is 1.01. The number of methoxy groups -OCH3 is 1. The van der Waals surface area contributed by atoms with E-state index in [4.69, 9.17) is 9.47 Å². The van der Waals surface area contributed by atoms with Crippen LogP contribution in [0.2, 0.25) is 0 Å². The van der Waals surface area contributed by atoms with Crippen molar-refractivity contribution in [2.75, 3.05) is 26.8 Å². The monoisotopic (exact) mass is 344 g/mol. The maximum Gasteiger partial charge on any atom is 0.124 e. The van der Waals surface area contributed by atoms with Crippen LogP contribution >= 0.6 is 0 Å². The zero-order valence-corrected chi connectivity index (χ0v) is 16.3. The standard InChI is InChI=1S/C21H32N2O2/c1-6-25-17-7-10-22(11-8-17)14-19-18-9-12-23(15(2)3)21(18)16(4)13-20(19)24-5/h9,12-13,15,17H,6-8,10-11,14H2,1-5H3. The first-order valence-corrected chi connectivity index (χ1v) is 9.56. The van der Waals surface area contributed by atoms with E-state index < -0.39 is 0 Å². The average molecular weight is 344 g/mol. The summed E-state index contributed by atoms with van der Waals surface area (Å²) < 4.78 is 13.9. The molecule has 25 heavy (non-hydrogen) atoms. The van der Waals surface area contributed by atoms with Gasteiger partial charge in [0.25, 0.3) is 0 Å². The molecule has 0 radical (unpaired) electrons. The second kappa shape index (κ2) is 7.79. The maximum absolute atomic E-state index is 5.79. The smallest absolute Gasteiger partial charge is 0.124 e. The van der Waals surface area contributed by atoms with Gasteiger partial charge in [0, 0.05) is 49.4 Å². The fourth-order valence-electron chi connectivity index (χ4n) is 4.06. The number of fused-ring (bicyclic) bond motifs is 1. The van der Waals surface area contributed by atoms with Gasteiger partial charge in [0.05, 0.1) is 18.7 Å². The van der Waals surface area contributed by atoms with Gasteiger partial charge in [0.1, 0.15) is 5.75 Å². The molecule has 0 N–H and O–H groups in total. The third-order valence-electron chi connectivity index (χ3n) is 5.35. The van der Waals surface area contributed by atoms with E-state index in [0.29, 0.717) is 12.1 Å². The van der Waals surface area contributed by atoms with Crippen LogP contribution in [0.4, 0.5) is 0 Å². The molecule has 1 aromatic heterocycles. The molecule has 4 heteroatoms. The first-order valence-electron chi connectivity index (χ1n) is 9.56. The SMILES string of the molecule is CCOC1CCN(Cc2c(OC)cc(C)c3c2ccn3C(C)C)CC1. The zero-order chi connectivity index (χ0) is 18.0. The Labute approximate surface area is 151 Å². The van der Waals surface area contributed by atoms with E-state index in [1.165, 1.54) is 22.0 Å². The summed E-state index contributed by atoms with van der Waals surface area (Å²) in [5, 5.41) is 1.33. The summed E-state index contributed by atoms with van der Waals surface area (Å²) in [6, 6.07) is 4.91. The van der Waals surface area contributed by atoms with Gasteiger partial charge < -0.3 is 14.0 Å². The largest absolute Gasteiger partial charge is 0.496 e. The fourth-order valence-corrected chi connectivity index (χ4v) is 4.06. The number of nitrogens with zero attached hydrogens (tertiary/aromatic N) is 2. The Balaban J connectivity index is 1.89. The first-order chi connectivity index (χ1) is 12.0. The molecule has 2 aromatic rings. The molecule has 1 aliphatic rings. The highest BCUT2D eigenvalue weighted by atomic mass is 16.5. The summed E-state index contributed by atoms with van der Waals surface area (Å²) in [5.41, 5.74) is 3.94. The van der Waals surface area contributed by atoms with Crippen molar-refractivity contribution in [3.05, 3.63) is 29.5 Å². The minimum atomic E-state index is 0.434. The second-order valence-electron chi connectivity index (χ2n) is 7.38. The van der Waals surface area contributed by atoms with Gasteiger partial charge in [-0.25, -0.2) is 0 Å². The van der Waals surface area contributed by atoms with E-state index in [-0.39, 0.29) is 0 Å². The lowest BCUT2D eigenvalue weighted by atomic mass is 10.0.